The summed E-state index contributed by atoms with van der Waals surface area (Å²) in [4.78, 5) is 25.7. The highest BCUT2D eigenvalue weighted by atomic mass is 35.5. The summed E-state index contributed by atoms with van der Waals surface area (Å²) in [5.74, 6) is -0.827. The van der Waals surface area contributed by atoms with Crippen molar-refractivity contribution < 1.29 is 14.3 Å². The van der Waals surface area contributed by atoms with Crippen molar-refractivity contribution in [3.05, 3.63) is 57.4 Å². The number of ketones is 1. The molecule has 0 radical (unpaired) electrons. The van der Waals surface area contributed by atoms with Crippen molar-refractivity contribution in [3.8, 4) is 0 Å². The Labute approximate surface area is 152 Å². The zero-order valence-electron chi connectivity index (χ0n) is 14.9. The summed E-state index contributed by atoms with van der Waals surface area (Å²) >= 11 is 6.18. The Hall–Kier alpha value is -2.07. The number of hydrogen-bond donors (Lipinski definition) is 1. The van der Waals surface area contributed by atoms with E-state index in [1.165, 1.54) is 7.11 Å². The van der Waals surface area contributed by atoms with Gasteiger partial charge in [-0.2, -0.15) is 0 Å². The number of benzene rings is 1. The number of allylic oxidation sites excluding steroid dienone is 3. The molecule has 0 bridgehead atoms. The highest BCUT2D eigenvalue weighted by molar-refractivity contribution is 6.30. The van der Waals surface area contributed by atoms with Crippen LogP contribution in [0.2, 0.25) is 5.02 Å². The van der Waals surface area contributed by atoms with Gasteiger partial charge in [0.05, 0.1) is 12.7 Å². The van der Waals surface area contributed by atoms with Crippen molar-refractivity contribution in [3.63, 3.8) is 0 Å². The van der Waals surface area contributed by atoms with Crippen molar-refractivity contribution in [2.75, 3.05) is 7.11 Å². The molecule has 0 fully saturated rings. The minimum absolute atomic E-state index is 0.0696. The molecule has 5 heteroatoms. The van der Waals surface area contributed by atoms with Crippen LogP contribution in [0.15, 0.2) is 46.8 Å². The first-order valence-corrected chi connectivity index (χ1v) is 8.73. The third-order valence-electron chi connectivity index (χ3n) is 5.09. The summed E-state index contributed by atoms with van der Waals surface area (Å²) in [7, 11) is 1.36. The van der Waals surface area contributed by atoms with E-state index in [-0.39, 0.29) is 5.78 Å². The maximum atomic E-state index is 13.2. The molecule has 1 N–H and O–H groups in total. The quantitative estimate of drug-likeness (QED) is 0.807. The molecule has 0 spiro atoms. The van der Waals surface area contributed by atoms with Crippen molar-refractivity contribution in [2.45, 2.75) is 39.5 Å². The normalized spacial score (nSPS) is 22.4. The van der Waals surface area contributed by atoms with Crippen LogP contribution >= 0.6 is 11.6 Å². The molecule has 2 aliphatic rings. The van der Waals surface area contributed by atoms with Crippen LogP contribution in [0, 0.1) is 5.41 Å². The predicted molar refractivity (Wildman–Crippen MR) is 97.1 cm³/mol. The third-order valence-corrected chi connectivity index (χ3v) is 5.33. The van der Waals surface area contributed by atoms with E-state index in [1.807, 2.05) is 39.0 Å². The number of carbonyl (C=O) groups excluding carboxylic acids is 2. The molecule has 1 aliphatic carbocycles. The highest BCUT2D eigenvalue weighted by Crippen LogP contribution is 2.47. The van der Waals surface area contributed by atoms with Gasteiger partial charge in [-0.3, -0.25) is 4.79 Å². The standard InChI is InChI=1S/C20H22ClNO3/c1-11-15(19(24)25-4)16(12-6-5-7-13(21)10-12)17-14(22-11)8-9-20(2,3)18(17)23/h5-7,10,16,22H,8-9H2,1-4H3. The largest absolute Gasteiger partial charge is 0.466 e. The van der Waals surface area contributed by atoms with Crippen LogP contribution in [0.5, 0.6) is 0 Å². The first kappa shape index (κ1) is 17.7. The molecule has 0 saturated heterocycles. The topological polar surface area (TPSA) is 55.4 Å². The van der Waals surface area contributed by atoms with Gasteiger partial charge in [-0.1, -0.05) is 37.6 Å². The van der Waals surface area contributed by atoms with Gasteiger partial charge < -0.3 is 10.1 Å². The van der Waals surface area contributed by atoms with Crippen LogP contribution in [0.25, 0.3) is 0 Å². The lowest BCUT2D eigenvalue weighted by Crippen LogP contribution is -2.40. The van der Waals surface area contributed by atoms with Gasteiger partial charge in [-0.25, -0.2) is 4.79 Å². The van der Waals surface area contributed by atoms with Crippen LogP contribution in [0.1, 0.15) is 45.1 Å². The summed E-state index contributed by atoms with van der Waals surface area (Å²) in [6.07, 6.45) is 1.55. The van der Waals surface area contributed by atoms with E-state index in [1.54, 1.807) is 6.07 Å². The molecule has 1 aromatic carbocycles. The first-order valence-electron chi connectivity index (χ1n) is 8.35. The lowest BCUT2D eigenvalue weighted by atomic mass is 9.67. The number of Topliss-reactive ketones (excluding diaryl/α,β-unsaturated/α-hetero) is 1. The molecule has 1 aliphatic heterocycles. The molecule has 1 atom stereocenters. The van der Waals surface area contributed by atoms with E-state index in [9.17, 15) is 9.59 Å². The molecule has 132 valence electrons. The predicted octanol–water partition coefficient (Wildman–Crippen LogP) is 4.12. The Morgan fingerprint density at radius 2 is 2.08 bits per heavy atom. The number of rotatable bonds is 2. The van der Waals surface area contributed by atoms with Crippen LogP contribution < -0.4 is 5.32 Å². The maximum absolute atomic E-state index is 13.2. The van der Waals surface area contributed by atoms with Gasteiger partial charge in [0.1, 0.15) is 0 Å². The van der Waals surface area contributed by atoms with E-state index >= 15 is 0 Å². The average molecular weight is 360 g/mol. The van der Waals surface area contributed by atoms with E-state index in [0.717, 1.165) is 29.8 Å². The number of halogens is 1. The molecule has 0 amide bonds. The Kier molecular flexibility index (Phi) is 4.50. The molecule has 0 saturated carbocycles. The molecular weight excluding hydrogens is 338 g/mol. The summed E-state index contributed by atoms with van der Waals surface area (Å²) in [5, 5.41) is 3.84. The van der Waals surface area contributed by atoms with Crippen LogP contribution in [-0.2, 0) is 14.3 Å². The summed E-state index contributed by atoms with van der Waals surface area (Å²) < 4.78 is 5.01. The van der Waals surface area contributed by atoms with E-state index in [0.29, 0.717) is 16.2 Å². The fourth-order valence-electron chi connectivity index (χ4n) is 3.68. The number of ether oxygens (including phenoxy) is 1. The van der Waals surface area contributed by atoms with Gasteiger partial charge in [-0.15, -0.1) is 0 Å². The minimum Gasteiger partial charge on any atom is -0.466 e. The summed E-state index contributed by atoms with van der Waals surface area (Å²) in [5.41, 5.74) is 3.12. The van der Waals surface area contributed by atoms with Crippen LogP contribution in [0.3, 0.4) is 0 Å². The number of hydrogen-bond acceptors (Lipinski definition) is 4. The van der Waals surface area contributed by atoms with Gasteiger partial charge in [0.2, 0.25) is 0 Å². The summed E-state index contributed by atoms with van der Waals surface area (Å²) in [6.45, 7) is 5.76. The van der Waals surface area contributed by atoms with Gasteiger partial charge in [0.25, 0.3) is 0 Å². The van der Waals surface area contributed by atoms with Crippen molar-refractivity contribution in [2.24, 2.45) is 5.41 Å². The van der Waals surface area contributed by atoms with E-state index in [4.69, 9.17) is 16.3 Å². The Bertz CT molecular complexity index is 820. The monoisotopic (exact) mass is 359 g/mol. The number of dihydropyridines is 1. The minimum atomic E-state index is -0.463. The molecule has 1 heterocycles. The molecule has 3 rings (SSSR count). The smallest absolute Gasteiger partial charge is 0.336 e. The average Bonchev–Trinajstić information content (AvgIpc) is 2.57. The van der Waals surface area contributed by atoms with Crippen molar-refractivity contribution >= 4 is 23.4 Å². The number of carbonyl (C=O) groups is 2. The van der Waals surface area contributed by atoms with Crippen molar-refractivity contribution in [1.29, 1.82) is 0 Å². The second-order valence-electron chi connectivity index (χ2n) is 7.25. The lowest BCUT2D eigenvalue weighted by molar-refractivity contribution is -0.136. The molecule has 4 nitrogen and oxygen atoms in total. The zero-order valence-corrected chi connectivity index (χ0v) is 15.7. The maximum Gasteiger partial charge on any atom is 0.336 e. The van der Waals surface area contributed by atoms with Crippen LogP contribution in [0.4, 0.5) is 0 Å². The van der Waals surface area contributed by atoms with E-state index < -0.39 is 17.3 Å². The first-order chi connectivity index (χ1) is 11.8. The van der Waals surface area contributed by atoms with Gasteiger partial charge in [-0.05, 0) is 37.5 Å². The third kappa shape index (κ3) is 2.99. The molecule has 1 aromatic rings. The van der Waals surface area contributed by atoms with Crippen LogP contribution in [-0.4, -0.2) is 18.9 Å². The number of esters is 1. The highest BCUT2D eigenvalue weighted by Gasteiger charge is 2.44. The molecular formula is C20H22ClNO3. The number of nitrogens with one attached hydrogen (secondary N) is 1. The SMILES string of the molecule is COC(=O)C1=C(C)NC2=C(C(=O)C(C)(C)CC2)C1c1cccc(Cl)c1. The van der Waals surface area contributed by atoms with Gasteiger partial charge in [0.15, 0.2) is 5.78 Å². The van der Waals surface area contributed by atoms with Gasteiger partial charge >= 0.3 is 5.97 Å². The van der Waals surface area contributed by atoms with Gasteiger partial charge in [0, 0.05) is 33.3 Å². The number of methoxy groups -OCH3 is 1. The summed E-state index contributed by atoms with van der Waals surface area (Å²) in [6, 6.07) is 7.33. The van der Waals surface area contributed by atoms with Crippen molar-refractivity contribution in [1.82, 2.24) is 5.32 Å². The lowest BCUT2D eigenvalue weighted by Gasteiger charge is -2.39. The Balaban J connectivity index is 2.23. The Morgan fingerprint density at radius 1 is 1.36 bits per heavy atom. The Morgan fingerprint density at radius 3 is 2.72 bits per heavy atom. The fraction of sp³-hybridized carbons (Fsp3) is 0.400. The zero-order chi connectivity index (χ0) is 18.4. The second kappa shape index (κ2) is 6.34. The van der Waals surface area contributed by atoms with E-state index in [2.05, 4.69) is 5.32 Å². The second-order valence-corrected chi connectivity index (χ2v) is 7.68. The fourth-order valence-corrected chi connectivity index (χ4v) is 3.88. The molecule has 0 aromatic heterocycles. The molecule has 1 unspecified atom stereocenters. The molecule has 25 heavy (non-hydrogen) atoms.